The molecule has 0 aliphatic carbocycles. The molecule has 2 heterocycles. The summed E-state index contributed by atoms with van der Waals surface area (Å²) in [7, 11) is -3.59. The Morgan fingerprint density at radius 3 is 2.68 bits per heavy atom. The van der Waals surface area contributed by atoms with Crippen LogP contribution in [-0.2, 0) is 29.4 Å². The topological polar surface area (TPSA) is 64.6 Å². The largest absolute Gasteiger partial charge is 0.493 e. The van der Waals surface area contributed by atoms with Gasteiger partial charge in [0, 0.05) is 36.1 Å². The highest BCUT2D eigenvalue weighted by Crippen LogP contribution is 2.40. The number of ether oxygens (including phenoxy) is 2. The number of rotatable bonds is 4. The third kappa shape index (κ3) is 2.89. The van der Waals surface area contributed by atoms with E-state index >= 15 is 0 Å². The first-order valence-electron chi connectivity index (χ1n) is 8.46. The van der Waals surface area contributed by atoms with Crippen LogP contribution in [0.5, 0.6) is 11.5 Å². The SMILES string of the molecule is Cc1ccc(S(=O)(=O)NCc2c3c(cc4c2OCC4)OCC3)c(C)c1. The summed E-state index contributed by atoms with van der Waals surface area (Å²) >= 11 is 0. The van der Waals surface area contributed by atoms with Crippen molar-refractivity contribution in [3.63, 3.8) is 0 Å². The molecule has 4 rings (SSSR count). The Balaban J connectivity index is 1.66. The first kappa shape index (κ1) is 16.4. The molecule has 6 heteroatoms. The monoisotopic (exact) mass is 359 g/mol. The summed E-state index contributed by atoms with van der Waals surface area (Å²) in [4.78, 5) is 0.319. The summed E-state index contributed by atoms with van der Waals surface area (Å²) in [5.74, 6) is 1.69. The van der Waals surface area contributed by atoms with Gasteiger partial charge in [0.1, 0.15) is 11.5 Å². The number of hydrogen-bond acceptors (Lipinski definition) is 4. The molecule has 0 saturated heterocycles. The van der Waals surface area contributed by atoms with Crippen LogP contribution in [-0.4, -0.2) is 21.6 Å². The molecule has 0 fully saturated rings. The van der Waals surface area contributed by atoms with E-state index in [0.717, 1.165) is 52.2 Å². The summed E-state index contributed by atoms with van der Waals surface area (Å²) in [5, 5.41) is 0. The van der Waals surface area contributed by atoms with Crippen LogP contribution in [0.15, 0.2) is 29.2 Å². The average molecular weight is 359 g/mol. The molecule has 1 N–H and O–H groups in total. The average Bonchev–Trinajstić information content (AvgIpc) is 3.19. The minimum atomic E-state index is -3.59. The Kier molecular flexibility index (Phi) is 3.96. The Bertz CT molecular complexity index is 918. The number of nitrogens with one attached hydrogen (secondary N) is 1. The molecule has 2 aromatic carbocycles. The van der Waals surface area contributed by atoms with Crippen LogP contribution in [0.1, 0.15) is 27.8 Å². The van der Waals surface area contributed by atoms with E-state index < -0.39 is 10.0 Å². The fourth-order valence-electron chi connectivity index (χ4n) is 3.62. The molecule has 5 nitrogen and oxygen atoms in total. The van der Waals surface area contributed by atoms with Gasteiger partial charge in [-0.3, -0.25) is 0 Å². The molecule has 132 valence electrons. The lowest BCUT2D eigenvalue weighted by atomic mass is 10.00. The van der Waals surface area contributed by atoms with Gasteiger partial charge < -0.3 is 9.47 Å². The van der Waals surface area contributed by atoms with Gasteiger partial charge in [-0.2, -0.15) is 0 Å². The van der Waals surface area contributed by atoms with Crippen molar-refractivity contribution in [3.8, 4) is 11.5 Å². The molecule has 0 atom stereocenters. The van der Waals surface area contributed by atoms with Gasteiger partial charge >= 0.3 is 0 Å². The van der Waals surface area contributed by atoms with E-state index in [1.165, 1.54) is 0 Å². The van der Waals surface area contributed by atoms with Crippen molar-refractivity contribution in [2.45, 2.75) is 38.1 Å². The van der Waals surface area contributed by atoms with Crippen molar-refractivity contribution >= 4 is 10.0 Å². The number of aryl methyl sites for hydroxylation is 2. The van der Waals surface area contributed by atoms with Gasteiger partial charge in [-0.25, -0.2) is 13.1 Å². The maximum Gasteiger partial charge on any atom is 0.241 e. The zero-order valence-corrected chi connectivity index (χ0v) is 15.2. The second kappa shape index (κ2) is 6.04. The molecule has 25 heavy (non-hydrogen) atoms. The van der Waals surface area contributed by atoms with Crippen molar-refractivity contribution in [2.24, 2.45) is 0 Å². The number of hydrogen-bond donors (Lipinski definition) is 1. The summed E-state index contributed by atoms with van der Waals surface area (Å²) in [6.45, 7) is 5.25. The Morgan fingerprint density at radius 2 is 1.88 bits per heavy atom. The van der Waals surface area contributed by atoms with Gasteiger partial charge in [0.15, 0.2) is 0 Å². The molecule has 2 aliphatic heterocycles. The Labute approximate surface area is 148 Å². The van der Waals surface area contributed by atoms with E-state index in [2.05, 4.69) is 4.72 Å². The van der Waals surface area contributed by atoms with Gasteiger partial charge in [-0.1, -0.05) is 17.7 Å². The first-order valence-corrected chi connectivity index (χ1v) is 9.94. The lowest BCUT2D eigenvalue weighted by Gasteiger charge is -2.15. The molecule has 0 bridgehead atoms. The zero-order valence-electron chi connectivity index (χ0n) is 14.4. The summed E-state index contributed by atoms with van der Waals surface area (Å²) in [6, 6.07) is 7.39. The van der Waals surface area contributed by atoms with Crippen LogP contribution in [0, 0.1) is 13.8 Å². The standard InChI is InChI=1S/C19H21NO4S/c1-12-3-4-18(13(2)9-12)25(21,22)20-11-16-15-6-8-23-17(15)10-14-5-7-24-19(14)16/h3-4,9-10,20H,5-8,11H2,1-2H3. The molecule has 2 aromatic rings. The van der Waals surface area contributed by atoms with Crippen molar-refractivity contribution in [1.82, 2.24) is 4.72 Å². The predicted octanol–water partition coefficient (Wildman–Crippen LogP) is 2.65. The van der Waals surface area contributed by atoms with E-state index in [4.69, 9.17) is 9.47 Å². The van der Waals surface area contributed by atoms with Crippen molar-refractivity contribution in [2.75, 3.05) is 13.2 Å². The first-order chi connectivity index (χ1) is 12.0. The normalized spacial score (nSPS) is 15.4. The van der Waals surface area contributed by atoms with Crippen LogP contribution >= 0.6 is 0 Å². The van der Waals surface area contributed by atoms with Crippen molar-refractivity contribution in [3.05, 3.63) is 52.1 Å². The van der Waals surface area contributed by atoms with Gasteiger partial charge in [-0.15, -0.1) is 0 Å². The van der Waals surface area contributed by atoms with E-state index in [9.17, 15) is 8.42 Å². The van der Waals surface area contributed by atoms with Crippen LogP contribution in [0.3, 0.4) is 0 Å². The van der Waals surface area contributed by atoms with Crippen LogP contribution in [0.4, 0.5) is 0 Å². The minimum Gasteiger partial charge on any atom is -0.493 e. The molecular weight excluding hydrogens is 338 g/mol. The van der Waals surface area contributed by atoms with Gasteiger partial charge in [-0.05, 0) is 31.5 Å². The second-order valence-corrected chi connectivity index (χ2v) is 8.35. The Morgan fingerprint density at radius 1 is 1.08 bits per heavy atom. The number of sulfonamides is 1. The van der Waals surface area contributed by atoms with Crippen LogP contribution in [0.25, 0.3) is 0 Å². The van der Waals surface area contributed by atoms with Gasteiger partial charge in [0.05, 0.1) is 18.1 Å². The van der Waals surface area contributed by atoms with E-state index in [1.54, 1.807) is 6.07 Å². The molecule has 0 spiro atoms. The van der Waals surface area contributed by atoms with E-state index in [1.807, 2.05) is 32.0 Å². The fourth-order valence-corrected chi connectivity index (χ4v) is 4.84. The third-order valence-corrected chi connectivity index (χ3v) is 6.38. The maximum absolute atomic E-state index is 12.8. The third-order valence-electron chi connectivity index (χ3n) is 4.82. The summed E-state index contributed by atoms with van der Waals surface area (Å²) in [6.07, 6.45) is 1.62. The highest BCUT2D eigenvalue weighted by atomic mass is 32.2. The number of fused-ring (bicyclic) bond motifs is 2. The van der Waals surface area contributed by atoms with E-state index in [0.29, 0.717) is 18.1 Å². The summed E-state index contributed by atoms with van der Waals surface area (Å²) < 4.78 is 39.7. The molecule has 0 aromatic heterocycles. The van der Waals surface area contributed by atoms with Gasteiger partial charge in [0.2, 0.25) is 10.0 Å². The second-order valence-electron chi connectivity index (χ2n) is 6.61. The lowest BCUT2D eigenvalue weighted by molar-refractivity contribution is 0.352. The quantitative estimate of drug-likeness (QED) is 0.911. The smallest absolute Gasteiger partial charge is 0.241 e. The molecule has 0 radical (unpaired) electrons. The highest BCUT2D eigenvalue weighted by molar-refractivity contribution is 7.89. The number of benzene rings is 2. The predicted molar refractivity (Wildman–Crippen MR) is 94.8 cm³/mol. The van der Waals surface area contributed by atoms with Crippen LogP contribution in [0.2, 0.25) is 0 Å². The van der Waals surface area contributed by atoms with Gasteiger partial charge in [0.25, 0.3) is 0 Å². The maximum atomic E-state index is 12.8. The zero-order chi connectivity index (χ0) is 17.6. The highest BCUT2D eigenvalue weighted by Gasteiger charge is 2.27. The van der Waals surface area contributed by atoms with E-state index in [-0.39, 0.29) is 6.54 Å². The lowest BCUT2D eigenvalue weighted by Crippen LogP contribution is -2.24. The molecule has 0 saturated carbocycles. The Hall–Kier alpha value is -2.05. The minimum absolute atomic E-state index is 0.213. The molecule has 0 amide bonds. The van der Waals surface area contributed by atoms with Crippen molar-refractivity contribution in [1.29, 1.82) is 0 Å². The fraction of sp³-hybridized carbons (Fsp3) is 0.368. The summed E-state index contributed by atoms with van der Waals surface area (Å²) in [5.41, 5.74) is 4.86. The molecular formula is C19H21NO4S. The van der Waals surface area contributed by atoms with Crippen LogP contribution < -0.4 is 14.2 Å². The van der Waals surface area contributed by atoms with Crippen molar-refractivity contribution < 1.29 is 17.9 Å². The molecule has 2 aliphatic rings. The molecule has 0 unspecified atom stereocenters.